The van der Waals surface area contributed by atoms with Gasteiger partial charge in [0.1, 0.15) is 17.1 Å². The van der Waals surface area contributed by atoms with E-state index in [1.165, 1.54) is 0 Å². The van der Waals surface area contributed by atoms with Crippen LogP contribution in [0, 0.1) is 13.8 Å². The summed E-state index contributed by atoms with van der Waals surface area (Å²) >= 11 is 0. The molecule has 0 aliphatic carbocycles. The van der Waals surface area contributed by atoms with Crippen molar-refractivity contribution in [3.63, 3.8) is 0 Å². The lowest BCUT2D eigenvalue weighted by Gasteiger charge is -2.15. The van der Waals surface area contributed by atoms with Gasteiger partial charge in [0.05, 0.1) is 5.69 Å². The number of aromatic nitrogens is 1. The minimum Gasteiger partial charge on any atom is -0.423 e. The number of carbonyl (C=O) groups excluding carboxylic acids is 2. The first-order chi connectivity index (χ1) is 10.6. The lowest BCUT2D eigenvalue weighted by Crippen LogP contribution is -2.23. The maximum Gasteiger partial charge on any atom is 0.349 e. The van der Waals surface area contributed by atoms with Crippen LogP contribution in [0.1, 0.15) is 34.7 Å². The monoisotopic (exact) mass is 300 g/mol. The standard InChI is InChI=1S/C16H16N2O4/c1-10-15(11(2)22-17-10)16(20)21-13-7-5-12(6-8-13)18-9-3-4-14(18)19/h5-8H,3-4,9H2,1-2H3. The van der Waals surface area contributed by atoms with Gasteiger partial charge in [0, 0.05) is 18.7 Å². The smallest absolute Gasteiger partial charge is 0.349 e. The van der Waals surface area contributed by atoms with E-state index in [1.54, 1.807) is 43.0 Å². The number of hydrogen-bond donors (Lipinski definition) is 0. The molecule has 1 aliphatic heterocycles. The molecule has 1 fully saturated rings. The van der Waals surface area contributed by atoms with Gasteiger partial charge in [-0.05, 0) is 44.5 Å². The number of aryl methyl sites for hydroxylation is 2. The number of anilines is 1. The molecule has 22 heavy (non-hydrogen) atoms. The molecule has 1 amide bonds. The van der Waals surface area contributed by atoms with E-state index in [0.29, 0.717) is 29.2 Å². The highest BCUT2D eigenvalue weighted by molar-refractivity contribution is 5.95. The molecule has 0 saturated carbocycles. The van der Waals surface area contributed by atoms with Crippen LogP contribution in [0.4, 0.5) is 5.69 Å². The van der Waals surface area contributed by atoms with Crippen LogP contribution >= 0.6 is 0 Å². The summed E-state index contributed by atoms with van der Waals surface area (Å²) in [6.45, 7) is 4.09. The van der Waals surface area contributed by atoms with E-state index in [0.717, 1.165) is 18.7 Å². The number of ether oxygens (including phenoxy) is 1. The van der Waals surface area contributed by atoms with Crippen LogP contribution in [0.15, 0.2) is 28.8 Å². The van der Waals surface area contributed by atoms with Crippen LogP contribution < -0.4 is 9.64 Å². The average Bonchev–Trinajstić information content (AvgIpc) is 3.06. The summed E-state index contributed by atoms with van der Waals surface area (Å²) in [5.41, 5.74) is 1.67. The van der Waals surface area contributed by atoms with E-state index < -0.39 is 5.97 Å². The SMILES string of the molecule is Cc1noc(C)c1C(=O)Oc1ccc(N2CCCC2=O)cc1. The Bertz CT molecular complexity index is 699. The molecule has 0 radical (unpaired) electrons. The fourth-order valence-electron chi connectivity index (χ4n) is 2.55. The van der Waals surface area contributed by atoms with Gasteiger partial charge in [-0.2, -0.15) is 0 Å². The summed E-state index contributed by atoms with van der Waals surface area (Å²) in [6, 6.07) is 6.91. The molecular formula is C16H16N2O4. The molecule has 1 saturated heterocycles. The summed E-state index contributed by atoms with van der Waals surface area (Å²) in [5, 5.41) is 3.73. The predicted molar refractivity (Wildman–Crippen MR) is 79.0 cm³/mol. The number of nitrogens with zero attached hydrogens (tertiary/aromatic N) is 2. The summed E-state index contributed by atoms with van der Waals surface area (Å²) in [6.07, 6.45) is 1.46. The Morgan fingerprint density at radius 3 is 2.55 bits per heavy atom. The second-order valence-electron chi connectivity index (χ2n) is 5.23. The number of rotatable bonds is 3. The third-order valence-corrected chi connectivity index (χ3v) is 3.67. The molecule has 2 heterocycles. The van der Waals surface area contributed by atoms with Crippen LogP contribution in [0.5, 0.6) is 5.75 Å². The van der Waals surface area contributed by atoms with Gasteiger partial charge >= 0.3 is 5.97 Å². The molecule has 0 bridgehead atoms. The molecule has 2 aromatic rings. The molecular weight excluding hydrogens is 284 g/mol. The van der Waals surface area contributed by atoms with Crippen molar-refractivity contribution in [2.45, 2.75) is 26.7 Å². The quantitative estimate of drug-likeness (QED) is 0.643. The molecule has 6 nitrogen and oxygen atoms in total. The fourth-order valence-corrected chi connectivity index (χ4v) is 2.55. The first kappa shape index (κ1) is 14.3. The van der Waals surface area contributed by atoms with E-state index in [1.807, 2.05) is 0 Å². The Kier molecular flexibility index (Phi) is 3.66. The zero-order valence-corrected chi connectivity index (χ0v) is 12.5. The molecule has 0 N–H and O–H groups in total. The van der Waals surface area contributed by atoms with Crippen molar-refractivity contribution >= 4 is 17.6 Å². The van der Waals surface area contributed by atoms with Crippen molar-refractivity contribution in [1.82, 2.24) is 5.16 Å². The minimum absolute atomic E-state index is 0.125. The van der Waals surface area contributed by atoms with E-state index in [4.69, 9.17) is 9.26 Å². The van der Waals surface area contributed by atoms with Gasteiger partial charge in [0.15, 0.2) is 0 Å². The average molecular weight is 300 g/mol. The van der Waals surface area contributed by atoms with Gasteiger partial charge in [-0.3, -0.25) is 4.79 Å². The Morgan fingerprint density at radius 1 is 1.27 bits per heavy atom. The highest BCUT2D eigenvalue weighted by atomic mass is 16.5. The van der Waals surface area contributed by atoms with Crippen LogP contribution in [-0.2, 0) is 4.79 Å². The third-order valence-electron chi connectivity index (χ3n) is 3.67. The van der Waals surface area contributed by atoms with Gasteiger partial charge < -0.3 is 14.2 Å². The maximum atomic E-state index is 12.1. The molecule has 6 heteroatoms. The summed E-state index contributed by atoms with van der Waals surface area (Å²) < 4.78 is 10.3. The molecule has 0 spiro atoms. The molecule has 1 aromatic heterocycles. The van der Waals surface area contributed by atoms with Gasteiger partial charge in [0.2, 0.25) is 5.91 Å². The summed E-state index contributed by atoms with van der Waals surface area (Å²) in [4.78, 5) is 25.6. The first-order valence-electron chi connectivity index (χ1n) is 7.12. The lowest BCUT2D eigenvalue weighted by atomic mass is 10.2. The predicted octanol–water partition coefficient (Wildman–Crippen LogP) is 2.64. The van der Waals surface area contributed by atoms with Crippen LogP contribution in [0.25, 0.3) is 0 Å². The van der Waals surface area contributed by atoms with Crippen molar-refractivity contribution in [1.29, 1.82) is 0 Å². The highest BCUT2D eigenvalue weighted by Crippen LogP contribution is 2.24. The van der Waals surface area contributed by atoms with Crippen molar-refractivity contribution < 1.29 is 18.8 Å². The van der Waals surface area contributed by atoms with Gasteiger partial charge in [-0.15, -0.1) is 0 Å². The minimum atomic E-state index is -0.499. The number of benzene rings is 1. The number of amides is 1. The second kappa shape index (κ2) is 5.63. The van der Waals surface area contributed by atoms with E-state index >= 15 is 0 Å². The van der Waals surface area contributed by atoms with E-state index in [-0.39, 0.29) is 5.91 Å². The zero-order chi connectivity index (χ0) is 15.7. The Hall–Kier alpha value is -2.63. The molecule has 114 valence electrons. The molecule has 1 aromatic carbocycles. The fraction of sp³-hybridized carbons (Fsp3) is 0.312. The van der Waals surface area contributed by atoms with Crippen LogP contribution in [0.3, 0.4) is 0 Å². The lowest BCUT2D eigenvalue weighted by molar-refractivity contribution is -0.117. The molecule has 3 rings (SSSR count). The van der Waals surface area contributed by atoms with Crippen LogP contribution in [-0.4, -0.2) is 23.6 Å². The second-order valence-corrected chi connectivity index (χ2v) is 5.23. The normalized spacial score (nSPS) is 14.5. The number of esters is 1. The van der Waals surface area contributed by atoms with Crippen molar-refractivity contribution in [3.05, 3.63) is 41.3 Å². The number of hydrogen-bond acceptors (Lipinski definition) is 5. The maximum absolute atomic E-state index is 12.1. The van der Waals surface area contributed by atoms with Crippen molar-refractivity contribution in [3.8, 4) is 5.75 Å². The molecule has 0 unspecified atom stereocenters. The van der Waals surface area contributed by atoms with Crippen molar-refractivity contribution in [2.75, 3.05) is 11.4 Å². The Labute approximate surface area is 127 Å². The van der Waals surface area contributed by atoms with Crippen molar-refractivity contribution in [2.24, 2.45) is 0 Å². The van der Waals surface area contributed by atoms with E-state index in [2.05, 4.69) is 5.16 Å². The molecule has 1 aliphatic rings. The topological polar surface area (TPSA) is 72.6 Å². The van der Waals surface area contributed by atoms with Gasteiger partial charge in [-0.1, -0.05) is 5.16 Å². The summed E-state index contributed by atoms with van der Waals surface area (Å²) in [7, 11) is 0. The Balaban J connectivity index is 1.74. The highest BCUT2D eigenvalue weighted by Gasteiger charge is 2.22. The van der Waals surface area contributed by atoms with Gasteiger partial charge in [-0.25, -0.2) is 4.79 Å². The molecule has 0 atom stereocenters. The first-order valence-corrected chi connectivity index (χ1v) is 7.12. The summed E-state index contributed by atoms with van der Waals surface area (Å²) in [5.74, 6) is 0.476. The Morgan fingerprint density at radius 2 is 2.00 bits per heavy atom. The third kappa shape index (κ3) is 2.59. The number of carbonyl (C=O) groups is 2. The van der Waals surface area contributed by atoms with Gasteiger partial charge in [0.25, 0.3) is 0 Å². The zero-order valence-electron chi connectivity index (χ0n) is 12.5. The largest absolute Gasteiger partial charge is 0.423 e. The van der Waals surface area contributed by atoms with E-state index in [9.17, 15) is 9.59 Å². The van der Waals surface area contributed by atoms with Crippen LogP contribution in [0.2, 0.25) is 0 Å².